The Balaban J connectivity index is 1.94. The second-order valence-corrected chi connectivity index (χ2v) is 4.71. The number of nitrogens with zero attached hydrogens (tertiary/aromatic N) is 4. The van der Waals surface area contributed by atoms with E-state index < -0.39 is 29.8 Å². The van der Waals surface area contributed by atoms with E-state index in [-0.39, 0.29) is 22.6 Å². The van der Waals surface area contributed by atoms with Crippen LogP contribution in [0.2, 0.25) is 0 Å². The molecule has 0 unspecified atom stereocenters. The van der Waals surface area contributed by atoms with E-state index in [1.807, 2.05) is 0 Å². The Morgan fingerprint density at radius 1 is 1.22 bits per heavy atom. The van der Waals surface area contributed by atoms with Gasteiger partial charge in [0.25, 0.3) is 17.5 Å². The van der Waals surface area contributed by atoms with Crippen LogP contribution in [0.3, 0.4) is 0 Å². The standard InChI is InChI=1S/C13H8F2N4O4/c14-13(15)17-4-3-16-10(17)6-18-11(20)8-2-1-7(19(22)23)5-9(8)12(18)21/h1-5,13H,6H2. The lowest BCUT2D eigenvalue weighted by molar-refractivity contribution is -0.384. The number of nitro groups is 1. The lowest BCUT2D eigenvalue weighted by atomic mass is 10.1. The first kappa shape index (κ1) is 14.8. The number of non-ortho nitro benzene ring substituents is 1. The molecular weight excluding hydrogens is 314 g/mol. The van der Waals surface area contributed by atoms with Crippen molar-refractivity contribution in [3.05, 3.63) is 57.7 Å². The fourth-order valence-electron chi connectivity index (χ4n) is 2.32. The first-order valence-electron chi connectivity index (χ1n) is 6.34. The summed E-state index contributed by atoms with van der Waals surface area (Å²) in [4.78, 5) is 38.9. The molecule has 0 saturated carbocycles. The van der Waals surface area contributed by atoms with Crippen LogP contribution in [-0.2, 0) is 6.54 Å². The van der Waals surface area contributed by atoms with Gasteiger partial charge in [0.05, 0.1) is 22.6 Å². The number of halogens is 2. The number of fused-ring (bicyclic) bond motifs is 1. The molecule has 0 bridgehead atoms. The summed E-state index contributed by atoms with van der Waals surface area (Å²) < 4.78 is 26.1. The summed E-state index contributed by atoms with van der Waals surface area (Å²) in [6.07, 6.45) is 2.16. The second kappa shape index (κ2) is 5.23. The molecule has 0 spiro atoms. The van der Waals surface area contributed by atoms with E-state index in [1.165, 1.54) is 6.07 Å². The van der Waals surface area contributed by atoms with Crippen molar-refractivity contribution in [3.8, 4) is 0 Å². The van der Waals surface area contributed by atoms with Gasteiger partial charge in [0, 0.05) is 24.5 Å². The number of nitro benzene ring substituents is 1. The Morgan fingerprint density at radius 2 is 1.91 bits per heavy atom. The van der Waals surface area contributed by atoms with Gasteiger partial charge < -0.3 is 0 Å². The van der Waals surface area contributed by atoms with Crippen LogP contribution in [-0.4, -0.2) is 31.2 Å². The van der Waals surface area contributed by atoms with Crippen molar-refractivity contribution in [2.45, 2.75) is 13.1 Å². The van der Waals surface area contributed by atoms with E-state index in [0.717, 1.165) is 29.4 Å². The zero-order valence-electron chi connectivity index (χ0n) is 11.3. The zero-order valence-corrected chi connectivity index (χ0v) is 11.3. The fourth-order valence-corrected chi connectivity index (χ4v) is 2.32. The highest BCUT2D eigenvalue weighted by atomic mass is 19.3. The monoisotopic (exact) mass is 322 g/mol. The number of amides is 2. The number of hydrogen-bond acceptors (Lipinski definition) is 5. The topological polar surface area (TPSA) is 98.3 Å². The van der Waals surface area contributed by atoms with Gasteiger partial charge in [-0.25, -0.2) is 4.98 Å². The maximum Gasteiger partial charge on any atom is 0.319 e. The number of hydrogen-bond donors (Lipinski definition) is 0. The molecule has 1 aliphatic heterocycles. The van der Waals surface area contributed by atoms with E-state index in [9.17, 15) is 28.5 Å². The van der Waals surface area contributed by atoms with Crippen LogP contribution in [0.4, 0.5) is 14.5 Å². The largest absolute Gasteiger partial charge is 0.319 e. The van der Waals surface area contributed by atoms with E-state index in [4.69, 9.17) is 0 Å². The molecule has 8 nitrogen and oxygen atoms in total. The minimum atomic E-state index is -2.86. The van der Waals surface area contributed by atoms with Crippen LogP contribution < -0.4 is 0 Å². The van der Waals surface area contributed by atoms with E-state index in [0.29, 0.717) is 4.57 Å². The van der Waals surface area contributed by atoms with Gasteiger partial charge >= 0.3 is 6.55 Å². The van der Waals surface area contributed by atoms with Gasteiger partial charge in [0.2, 0.25) is 0 Å². The van der Waals surface area contributed by atoms with Crippen LogP contribution in [0.1, 0.15) is 33.1 Å². The number of alkyl halides is 2. The summed E-state index contributed by atoms with van der Waals surface area (Å²) in [5, 5.41) is 10.7. The first-order chi connectivity index (χ1) is 10.9. The molecule has 1 aliphatic rings. The Kier molecular flexibility index (Phi) is 3.36. The highest BCUT2D eigenvalue weighted by Gasteiger charge is 2.37. The van der Waals surface area contributed by atoms with E-state index >= 15 is 0 Å². The van der Waals surface area contributed by atoms with Crippen LogP contribution in [0.15, 0.2) is 30.6 Å². The minimum Gasteiger partial charge on any atom is -0.276 e. The molecule has 10 heteroatoms. The quantitative estimate of drug-likeness (QED) is 0.487. The molecule has 3 rings (SSSR count). The Hall–Kier alpha value is -3.17. The predicted octanol–water partition coefficient (Wildman–Crippen LogP) is 1.98. The maximum absolute atomic E-state index is 12.8. The molecule has 0 fully saturated rings. The molecule has 0 N–H and O–H groups in total. The molecule has 2 amide bonds. The molecule has 0 atom stereocenters. The highest BCUT2D eigenvalue weighted by Crippen LogP contribution is 2.28. The van der Waals surface area contributed by atoms with Crippen LogP contribution in [0.25, 0.3) is 0 Å². The smallest absolute Gasteiger partial charge is 0.276 e. The molecule has 0 aliphatic carbocycles. The highest BCUT2D eigenvalue weighted by molar-refractivity contribution is 6.21. The van der Waals surface area contributed by atoms with Gasteiger partial charge in [-0.2, -0.15) is 8.78 Å². The third-order valence-electron chi connectivity index (χ3n) is 3.42. The molecular formula is C13H8F2N4O4. The molecule has 0 radical (unpaired) electrons. The number of rotatable bonds is 4. The van der Waals surface area contributed by atoms with E-state index in [2.05, 4.69) is 4.98 Å². The lowest BCUT2D eigenvalue weighted by Crippen LogP contribution is -2.30. The van der Waals surface area contributed by atoms with Gasteiger partial charge in [0.15, 0.2) is 0 Å². The first-order valence-corrected chi connectivity index (χ1v) is 6.34. The van der Waals surface area contributed by atoms with E-state index in [1.54, 1.807) is 0 Å². The molecule has 2 heterocycles. The van der Waals surface area contributed by atoms with Gasteiger partial charge in [-0.15, -0.1) is 0 Å². The van der Waals surface area contributed by atoms with Gasteiger partial charge in [-0.1, -0.05) is 0 Å². The van der Waals surface area contributed by atoms with Crippen molar-refractivity contribution < 1.29 is 23.3 Å². The van der Waals surface area contributed by atoms with Crippen LogP contribution >= 0.6 is 0 Å². The molecule has 23 heavy (non-hydrogen) atoms. The lowest BCUT2D eigenvalue weighted by Gasteiger charge is -2.14. The molecule has 118 valence electrons. The SMILES string of the molecule is O=C1c2ccc([N+](=O)[O-])cc2C(=O)N1Cc1nccn1C(F)F. The number of imidazole rings is 1. The Morgan fingerprint density at radius 3 is 2.57 bits per heavy atom. The van der Waals surface area contributed by atoms with Crippen molar-refractivity contribution in [1.29, 1.82) is 0 Å². The van der Waals surface area contributed by atoms with Crippen molar-refractivity contribution in [3.63, 3.8) is 0 Å². The van der Waals surface area contributed by atoms with Crippen LogP contribution in [0, 0.1) is 10.1 Å². The van der Waals surface area contributed by atoms with Crippen molar-refractivity contribution in [1.82, 2.24) is 14.5 Å². The number of carbonyl (C=O) groups excluding carboxylic acids is 2. The molecule has 1 aromatic heterocycles. The Bertz CT molecular complexity index is 833. The normalized spacial score (nSPS) is 13.8. The average molecular weight is 322 g/mol. The number of imide groups is 1. The second-order valence-electron chi connectivity index (χ2n) is 4.71. The molecule has 0 saturated heterocycles. The maximum atomic E-state index is 12.8. The summed E-state index contributed by atoms with van der Waals surface area (Å²) in [5.41, 5.74) is -0.462. The van der Waals surface area contributed by atoms with Gasteiger partial charge in [-0.05, 0) is 6.07 Å². The summed E-state index contributed by atoms with van der Waals surface area (Å²) in [6, 6.07) is 3.27. The number of benzene rings is 1. The van der Waals surface area contributed by atoms with Crippen molar-refractivity contribution in [2.75, 3.05) is 0 Å². The summed E-state index contributed by atoms with van der Waals surface area (Å²) in [7, 11) is 0. The number of aromatic nitrogens is 2. The predicted molar refractivity (Wildman–Crippen MR) is 70.8 cm³/mol. The van der Waals surface area contributed by atoms with Gasteiger partial charge in [-0.3, -0.25) is 29.2 Å². The molecule has 2 aromatic rings. The van der Waals surface area contributed by atoms with Crippen molar-refractivity contribution >= 4 is 17.5 Å². The zero-order chi connectivity index (χ0) is 16.7. The third kappa shape index (κ3) is 2.33. The summed E-state index contributed by atoms with van der Waals surface area (Å²) >= 11 is 0. The third-order valence-corrected chi connectivity index (χ3v) is 3.42. The van der Waals surface area contributed by atoms with Crippen LogP contribution in [0.5, 0.6) is 0 Å². The van der Waals surface area contributed by atoms with Gasteiger partial charge in [0.1, 0.15) is 5.82 Å². The Labute approximate surface area is 127 Å². The minimum absolute atomic E-state index is 0.00393. The average Bonchev–Trinajstić information content (AvgIpc) is 3.06. The fraction of sp³-hybridized carbons (Fsp3) is 0.154. The number of carbonyl (C=O) groups is 2. The van der Waals surface area contributed by atoms with Crippen molar-refractivity contribution in [2.24, 2.45) is 0 Å². The molecule has 1 aromatic carbocycles. The summed E-state index contributed by atoms with van der Waals surface area (Å²) in [5.74, 6) is -1.65. The summed E-state index contributed by atoms with van der Waals surface area (Å²) in [6.45, 7) is -3.30.